The van der Waals surface area contributed by atoms with Gasteiger partial charge in [-0.1, -0.05) is 18.2 Å². The molecule has 0 aromatic heterocycles. The van der Waals surface area contributed by atoms with Crippen LogP contribution in [0.1, 0.15) is 33.5 Å². The van der Waals surface area contributed by atoms with E-state index in [9.17, 15) is 13.6 Å². The molecule has 0 fully saturated rings. The van der Waals surface area contributed by atoms with Gasteiger partial charge in [0, 0.05) is 18.1 Å². The van der Waals surface area contributed by atoms with E-state index in [0.717, 1.165) is 29.3 Å². The summed E-state index contributed by atoms with van der Waals surface area (Å²) in [6.07, 6.45) is 0.817. The van der Waals surface area contributed by atoms with Gasteiger partial charge in [-0.2, -0.15) is 0 Å². The number of hydrogen-bond donors (Lipinski definition) is 0. The number of rotatable bonds is 4. The summed E-state index contributed by atoms with van der Waals surface area (Å²) >= 11 is 0. The SMILES string of the molecule is Cc1cccc(CCC(=O)c2cc(F)cc(F)c2)c1C. The fraction of sp³-hybridized carbons (Fsp3) is 0.235. The lowest BCUT2D eigenvalue weighted by molar-refractivity contribution is 0.0982. The molecule has 0 radical (unpaired) electrons. The molecule has 0 saturated heterocycles. The molecule has 1 nitrogen and oxygen atoms in total. The quantitative estimate of drug-likeness (QED) is 0.755. The van der Waals surface area contributed by atoms with Gasteiger partial charge in [-0.15, -0.1) is 0 Å². The monoisotopic (exact) mass is 274 g/mol. The molecule has 0 aliphatic carbocycles. The van der Waals surface area contributed by atoms with Gasteiger partial charge in [-0.3, -0.25) is 4.79 Å². The van der Waals surface area contributed by atoms with Gasteiger partial charge in [0.1, 0.15) is 11.6 Å². The Kier molecular flexibility index (Phi) is 4.28. The Morgan fingerprint density at radius 3 is 2.35 bits per heavy atom. The van der Waals surface area contributed by atoms with Gasteiger partial charge in [-0.25, -0.2) is 8.78 Å². The summed E-state index contributed by atoms with van der Waals surface area (Å²) in [7, 11) is 0. The second-order valence-corrected chi connectivity index (χ2v) is 4.94. The van der Waals surface area contributed by atoms with Gasteiger partial charge in [0.15, 0.2) is 5.78 Å². The Balaban J connectivity index is 2.10. The van der Waals surface area contributed by atoms with Gasteiger partial charge < -0.3 is 0 Å². The number of Topliss-reactive ketones (excluding diaryl/α,β-unsaturated/α-hetero) is 1. The highest BCUT2D eigenvalue weighted by atomic mass is 19.1. The van der Waals surface area contributed by atoms with Crippen LogP contribution >= 0.6 is 0 Å². The van der Waals surface area contributed by atoms with E-state index >= 15 is 0 Å². The highest BCUT2D eigenvalue weighted by Crippen LogP contribution is 2.16. The standard InChI is InChI=1S/C17H16F2O/c1-11-4-3-5-13(12(11)2)6-7-17(20)14-8-15(18)10-16(19)9-14/h3-5,8-10H,6-7H2,1-2H3. The molecule has 0 spiro atoms. The predicted molar refractivity (Wildman–Crippen MR) is 74.9 cm³/mol. The summed E-state index contributed by atoms with van der Waals surface area (Å²) in [6, 6.07) is 8.86. The van der Waals surface area contributed by atoms with Crippen LogP contribution in [0.2, 0.25) is 0 Å². The minimum absolute atomic E-state index is 0.0906. The van der Waals surface area contributed by atoms with Gasteiger partial charge in [-0.05, 0) is 49.1 Å². The third-order valence-corrected chi connectivity index (χ3v) is 3.52. The number of carbonyl (C=O) groups excluding carboxylic acids is 1. The van der Waals surface area contributed by atoms with E-state index in [1.54, 1.807) is 0 Å². The summed E-state index contributed by atoms with van der Waals surface area (Å²) in [6.45, 7) is 4.03. The van der Waals surface area contributed by atoms with Crippen LogP contribution < -0.4 is 0 Å². The number of halogens is 2. The zero-order chi connectivity index (χ0) is 14.7. The van der Waals surface area contributed by atoms with Gasteiger partial charge >= 0.3 is 0 Å². The van der Waals surface area contributed by atoms with Crippen molar-refractivity contribution >= 4 is 5.78 Å². The van der Waals surface area contributed by atoms with Crippen molar-refractivity contribution in [1.29, 1.82) is 0 Å². The number of ketones is 1. The Bertz CT molecular complexity index is 627. The molecule has 20 heavy (non-hydrogen) atoms. The topological polar surface area (TPSA) is 17.1 Å². The lowest BCUT2D eigenvalue weighted by Crippen LogP contribution is -2.04. The summed E-state index contributed by atoms with van der Waals surface area (Å²) in [5, 5.41) is 0. The molecule has 0 aliphatic heterocycles. The molecule has 0 saturated carbocycles. The van der Waals surface area contributed by atoms with E-state index in [1.165, 1.54) is 5.56 Å². The minimum Gasteiger partial charge on any atom is -0.294 e. The van der Waals surface area contributed by atoms with Gasteiger partial charge in [0.2, 0.25) is 0 Å². The van der Waals surface area contributed by atoms with Crippen LogP contribution in [0.15, 0.2) is 36.4 Å². The van der Waals surface area contributed by atoms with Crippen LogP contribution in [-0.2, 0) is 6.42 Å². The maximum absolute atomic E-state index is 13.1. The molecule has 0 N–H and O–H groups in total. The Labute approximate surface area is 117 Å². The van der Waals surface area contributed by atoms with E-state index in [4.69, 9.17) is 0 Å². The summed E-state index contributed by atoms with van der Waals surface area (Å²) in [5.41, 5.74) is 3.51. The predicted octanol–water partition coefficient (Wildman–Crippen LogP) is 4.40. The first kappa shape index (κ1) is 14.4. The molecule has 0 amide bonds. The summed E-state index contributed by atoms with van der Waals surface area (Å²) < 4.78 is 26.2. The molecule has 0 aliphatic rings. The van der Waals surface area contributed by atoms with E-state index in [2.05, 4.69) is 0 Å². The second-order valence-electron chi connectivity index (χ2n) is 4.94. The number of carbonyl (C=O) groups is 1. The van der Waals surface area contributed by atoms with Gasteiger partial charge in [0.05, 0.1) is 0 Å². The van der Waals surface area contributed by atoms with Crippen LogP contribution in [0.3, 0.4) is 0 Å². The largest absolute Gasteiger partial charge is 0.294 e. The van der Waals surface area contributed by atoms with E-state index in [0.29, 0.717) is 6.42 Å². The maximum Gasteiger partial charge on any atom is 0.163 e. The average molecular weight is 274 g/mol. The van der Waals surface area contributed by atoms with E-state index < -0.39 is 11.6 Å². The smallest absolute Gasteiger partial charge is 0.163 e. The van der Waals surface area contributed by atoms with Crippen molar-refractivity contribution in [3.8, 4) is 0 Å². The van der Waals surface area contributed by atoms with Crippen LogP contribution in [0.5, 0.6) is 0 Å². The molecule has 0 atom stereocenters. The molecule has 3 heteroatoms. The fourth-order valence-electron chi connectivity index (χ4n) is 2.19. The third-order valence-electron chi connectivity index (χ3n) is 3.52. The van der Waals surface area contributed by atoms with Crippen molar-refractivity contribution in [2.24, 2.45) is 0 Å². The summed E-state index contributed by atoms with van der Waals surface area (Å²) in [5.74, 6) is -1.69. The van der Waals surface area contributed by atoms with Crippen molar-refractivity contribution < 1.29 is 13.6 Å². The molecule has 104 valence electrons. The summed E-state index contributed by atoms with van der Waals surface area (Å²) in [4.78, 5) is 12.0. The van der Waals surface area contributed by atoms with Crippen molar-refractivity contribution in [3.05, 3.63) is 70.3 Å². The van der Waals surface area contributed by atoms with E-state index in [-0.39, 0.29) is 17.8 Å². The minimum atomic E-state index is -0.722. The molecule has 2 aromatic rings. The molecule has 2 aromatic carbocycles. The van der Waals surface area contributed by atoms with E-state index in [1.807, 2.05) is 32.0 Å². The van der Waals surface area contributed by atoms with Crippen LogP contribution in [0, 0.1) is 25.5 Å². The third kappa shape index (κ3) is 3.29. The van der Waals surface area contributed by atoms with Crippen molar-refractivity contribution in [2.45, 2.75) is 26.7 Å². The normalized spacial score (nSPS) is 10.6. The molecule has 0 bridgehead atoms. The van der Waals surface area contributed by atoms with Crippen LogP contribution in [-0.4, -0.2) is 5.78 Å². The van der Waals surface area contributed by atoms with Crippen molar-refractivity contribution in [1.82, 2.24) is 0 Å². The van der Waals surface area contributed by atoms with Gasteiger partial charge in [0.25, 0.3) is 0 Å². The zero-order valence-corrected chi connectivity index (χ0v) is 11.5. The molecular formula is C17H16F2O. The molecule has 0 unspecified atom stereocenters. The fourth-order valence-corrected chi connectivity index (χ4v) is 2.19. The Morgan fingerprint density at radius 2 is 1.70 bits per heavy atom. The molecule has 0 heterocycles. The first-order chi connectivity index (χ1) is 9.47. The lowest BCUT2D eigenvalue weighted by Gasteiger charge is -2.08. The van der Waals surface area contributed by atoms with Crippen molar-refractivity contribution in [3.63, 3.8) is 0 Å². The first-order valence-electron chi connectivity index (χ1n) is 6.52. The molecule has 2 rings (SSSR count). The van der Waals surface area contributed by atoms with Crippen LogP contribution in [0.25, 0.3) is 0 Å². The van der Waals surface area contributed by atoms with Crippen LogP contribution in [0.4, 0.5) is 8.78 Å². The molecular weight excluding hydrogens is 258 g/mol. The van der Waals surface area contributed by atoms with Crippen molar-refractivity contribution in [2.75, 3.05) is 0 Å². The number of hydrogen-bond acceptors (Lipinski definition) is 1. The maximum atomic E-state index is 13.1. The Hall–Kier alpha value is -2.03. The highest BCUT2D eigenvalue weighted by Gasteiger charge is 2.10. The second kappa shape index (κ2) is 5.95. The zero-order valence-electron chi connectivity index (χ0n) is 11.5. The first-order valence-corrected chi connectivity index (χ1v) is 6.52. The lowest BCUT2D eigenvalue weighted by atomic mass is 9.97. The highest BCUT2D eigenvalue weighted by molar-refractivity contribution is 5.96. The number of benzene rings is 2. The average Bonchev–Trinajstić information content (AvgIpc) is 2.39. The Morgan fingerprint density at radius 1 is 1.05 bits per heavy atom. The number of aryl methyl sites for hydroxylation is 2.